The molecule has 0 spiro atoms. The molecule has 0 aromatic heterocycles. The van der Waals surface area contributed by atoms with Crippen molar-refractivity contribution in [2.45, 2.75) is 32.4 Å². The summed E-state index contributed by atoms with van der Waals surface area (Å²) in [7, 11) is 0. The molecule has 0 bridgehead atoms. The van der Waals surface area contributed by atoms with Crippen LogP contribution in [0.3, 0.4) is 0 Å². The number of carbonyl (C=O) groups is 1. The van der Waals surface area contributed by atoms with Gasteiger partial charge in [0.2, 0.25) is 5.91 Å². The molecular weight excluding hydrogens is 232 g/mol. The number of aryl methyl sites for hydroxylation is 2. The number of benzene rings is 1. The molecule has 1 amide bonds. The van der Waals surface area contributed by atoms with Gasteiger partial charge >= 0.3 is 0 Å². The zero-order valence-corrected chi connectivity index (χ0v) is 11.1. The second-order valence-electron chi connectivity index (χ2n) is 4.19. The summed E-state index contributed by atoms with van der Waals surface area (Å²) in [6.07, 6.45) is 0.836. The van der Waals surface area contributed by atoms with Gasteiger partial charge in [-0.1, -0.05) is 24.8 Å². The van der Waals surface area contributed by atoms with Crippen molar-refractivity contribution in [3.05, 3.63) is 29.3 Å². The Labute approximate surface area is 106 Å². The van der Waals surface area contributed by atoms with Crippen LogP contribution in [0.2, 0.25) is 0 Å². The summed E-state index contributed by atoms with van der Waals surface area (Å²) in [4.78, 5) is 16.0. The number of carbonyl (C=O) groups excluding carboxylic acids is 1. The summed E-state index contributed by atoms with van der Waals surface area (Å²) in [5, 5.41) is 3.54. The van der Waals surface area contributed by atoms with Crippen LogP contribution in [0.1, 0.15) is 24.5 Å². The maximum atomic E-state index is 11.5. The predicted molar refractivity (Wildman–Crippen MR) is 72.8 cm³/mol. The fourth-order valence-corrected chi connectivity index (χ4v) is 2.56. The Morgan fingerprint density at radius 1 is 1.35 bits per heavy atom. The summed E-state index contributed by atoms with van der Waals surface area (Å²) in [6, 6.07) is 6.06. The third-order valence-electron chi connectivity index (χ3n) is 2.87. The molecule has 1 aromatic carbocycles. The van der Waals surface area contributed by atoms with Gasteiger partial charge in [0.25, 0.3) is 0 Å². The Hall–Kier alpha value is -1.29. The zero-order chi connectivity index (χ0) is 12.4. The summed E-state index contributed by atoms with van der Waals surface area (Å²) in [5.41, 5.74) is 3.37. The second-order valence-corrected chi connectivity index (χ2v) is 5.38. The molecule has 1 aliphatic heterocycles. The topological polar surface area (TPSA) is 41.5 Å². The van der Waals surface area contributed by atoms with Gasteiger partial charge in [-0.25, -0.2) is 4.99 Å². The lowest BCUT2D eigenvalue weighted by Gasteiger charge is -2.01. The molecule has 1 N–H and O–H groups in total. The second kappa shape index (κ2) is 4.92. The van der Waals surface area contributed by atoms with Crippen LogP contribution in [0, 0.1) is 13.8 Å². The van der Waals surface area contributed by atoms with Crippen molar-refractivity contribution in [1.29, 1.82) is 0 Å². The lowest BCUT2D eigenvalue weighted by Crippen LogP contribution is -2.24. The Bertz CT molecular complexity index is 482. The van der Waals surface area contributed by atoms with Gasteiger partial charge in [-0.3, -0.25) is 4.79 Å². The molecule has 1 atom stereocenters. The first kappa shape index (κ1) is 12.2. The average Bonchev–Trinajstić information content (AvgIpc) is 2.64. The summed E-state index contributed by atoms with van der Waals surface area (Å²) in [6.45, 7) is 6.15. The standard InChI is InChI=1S/C13H16N2OS/c1-4-11-12(16)15-13(17-11)14-10-6-5-8(2)9(3)7-10/h5-7,11H,4H2,1-3H3,(H,14,15,16)/t11-/m1/s1. The van der Waals surface area contributed by atoms with Crippen LogP contribution in [0.25, 0.3) is 0 Å². The van der Waals surface area contributed by atoms with Crippen LogP contribution < -0.4 is 5.32 Å². The number of nitrogens with zero attached hydrogens (tertiary/aromatic N) is 1. The normalized spacial score (nSPS) is 21.9. The van der Waals surface area contributed by atoms with Crippen molar-refractivity contribution in [2.24, 2.45) is 4.99 Å². The van der Waals surface area contributed by atoms with E-state index in [0.29, 0.717) is 5.17 Å². The van der Waals surface area contributed by atoms with Crippen LogP contribution in [-0.2, 0) is 4.79 Å². The molecule has 1 aromatic rings. The van der Waals surface area contributed by atoms with E-state index in [1.807, 2.05) is 25.1 Å². The highest BCUT2D eigenvalue weighted by atomic mass is 32.2. The quantitative estimate of drug-likeness (QED) is 0.874. The highest BCUT2D eigenvalue weighted by Crippen LogP contribution is 2.25. The maximum absolute atomic E-state index is 11.5. The van der Waals surface area contributed by atoms with Gasteiger partial charge in [0.1, 0.15) is 0 Å². The first-order chi connectivity index (χ1) is 8.10. The van der Waals surface area contributed by atoms with E-state index in [0.717, 1.165) is 12.1 Å². The van der Waals surface area contributed by atoms with E-state index in [2.05, 4.69) is 24.2 Å². The number of nitrogens with one attached hydrogen (secondary N) is 1. The molecule has 2 rings (SSSR count). The van der Waals surface area contributed by atoms with Gasteiger partial charge in [-0.2, -0.15) is 0 Å². The summed E-state index contributed by atoms with van der Waals surface area (Å²) >= 11 is 1.51. The molecule has 0 saturated carbocycles. The lowest BCUT2D eigenvalue weighted by molar-refractivity contribution is -0.118. The molecule has 1 aliphatic rings. The minimum absolute atomic E-state index is 0.0142. The van der Waals surface area contributed by atoms with Gasteiger partial charge in [-0.15, -0.1) is 0 Å². The SMILES string of the molecule is CC[C@H]1SC(=Nc2ccc(C)c(C)c2)NC1=O. The van der Waals surface area contributed by atoms with Crippen LogP contribution in [-0.4, -0.2) is 16.3 Å². The van der Waals surface area contributed by atoms with Gasteiger partial charge in [0, 0.05) is 0 Å². The monoisotopic (exact) mass is 248 g/mol. The Balaban J connectivity index is 2.20. The number of hydrogen-bond donors (Lipinski definition) is 1. The van der Waals surface area contributed by atoms with Crippen LogP contribution in [0.5, 0.6) is 0 Å². The van der Waals surface area contributed by atoms with Crippen molar-refractivity contribution in [3.8, 4) is 0 Å². The zero-order valence-electron chi connectivity index (χ0n) is 10.3. The maximum Gasteiger partial charge on any atom is 0.239 e. The number of hydrogen-bond acceptors (Lipinski definition) is 3. The minimum atomic E-state index is 0.0142. The fraction of sp³-hybridized carbons (Fsp3) is 0.385. The molecule has 4 heteroatoms. The first-order valence-electron chi connectivity index (χ1n) is 5.73. The summed E-state index contributed by atoms with van der Waals surface area (Å²) in [5.74, 6) is 0.0695. The van der Waals surface area contributed by atoms with Crippen LogP contribution in [0.15, 0.2) is 23.2 Å². The Morgan fingerprint density at radius 2 is 2.12 bits per heavy atom. The van der Waals surface area contributed by atoms with Gasteiger partial charge in [0.05, 0.1) is 10.9 Å². The number of amides is 1. The van der Waals surface area contributed by atoms with E-state index in [1.165, 1.54) is 22.9 Å². The summed E-state index contributed by atoms with van der Waals surface area (Å²) < 4.78 is 0. The lowest BCUT2D eigenvalue weighted by atomic mass is 10.1. The van der Waals surface area contributed by atoms with E-state index >= 15 is 0 Å². The molecule has 1 saturated heterocycles. The Morgan fingerprint density at radius 3 is 2.71 bits per heavy atom. The molecule has 90 valence electrons. The number of rotatable bonds is 2. The minimum Gasteiger partial charge on any atom is -0.304 e. The van der Waals surface area contributed by atoms with E-state index < -0.39 is 0 Å². The third-order valence-corrected chi connectivity index (χ3v) is 4.12. The van der Waals surface area contributed by atoms with Gasteiger partial charge in [-0.05, 0) is 43.5 Å². The van der Waals surface area contributed by atoms with Crippen LogP contribution in [0.4, 0.5) is 5.69 Å². The van der Waals surface area contributed by atoms with Crippen molar-refractivity contribution in [2.75, 3.05) is 0 Å². The highest BCUT2D eigenvalue weighted by molar-refractivity contribution is 8.15. The number of aliphatic imine (C=N–C) groups is 1. The average molecular weight is 248 g/mol. The van der Waals surface area contributed by atoms with Gasteiger partial charge in [0.15, 0.2) is 5.17 Å². The van der Waals surface area contributed by atoms with E-state index in [1.54, 1.807) is 0 Å². The first-order valence-corrected chi connectivity index (χ1v) is 6.61. The molecule has 1 heterocycles. The Kier molecular flexibility index (Phi) is 3.52. The van der Waals surface area contributed by atoms with Crippen molar-refractivity contribution in [1.82, 2.24) is 5.32 Å². The van der Waals surface area contributed by atoms with E-state index in [-0.39, 0.29) is 11.2 Å². The third kappa shape index (κ3) is 2.69. The molecule has 3 nitrogen and oxygen atoms in total. The number of thioether (sulfide) groups is 1. The van der Waals surface area contributed by atoms with E-state index in [9.17, 15) is 4.79 Å². The predicted octanol–water partition coefficient (Wildman–Crippen LogP) is 2.93. The van der Waals surface area contributed by atoms with E-state index in [4.69, 9.17) is 0 Å². The number of amidine groups is 1. The van der Waals surface area contributed by atoms with Crippen LogP contribution >= 0.6 is 11.8 Å². The van der Waals surface area contributed by atoms with Crippen molar-refractivity contribution < 1.29 is 4.79 Å². The van der Waals surface area contributed by atoms with Gasteiger partial charge < -0.3 is 5.32 Å². The molecule has 0 unspecified atom stereocenters. The molecular formula is C13H16N2OS. The molecule has 1 fully saturated rings. The molecule has 0 radical (unpaired) electrons. The largest absolute Gasteiger partial charge is 0.304 e. The van der Waals surface area contributed by atoms with Crippen molar-refractivity contribution in [3.63, 3.8) is 0 Å². The van der Waals surface area contributed by atoms with Crippen molar-refractivity contribution >= 4 is 28.5 Å². The molecule has 0 aliphatic carbocycles. The molecule has 17 heavy (non-hydrogen) atoms. The fourth-order valence-electron chi connectivity index (χ4n) is 1.64. The smallest absolute Gasteiger partial charge is 0.239 e. The highest BCUT2D eigenvalue weighted by Gasteiger charge is 2.28.